The van der Waals surface area contributed by atoms with E-state index in [1.165, 1.54) is 24.3 Å². The van der Waals surface area contributed by atoms with Gasteiger partial charge in [-0.05, 0) is 42.7 Å². The summed E-state index contributed by atoms with van der Waals surface area (Å²) in [6.07, 6.45) is 0.787. The zero-order chi connectivity index (χ0) is 21.1. The average Bonchev–Trinajstić information content (AvgIpc) is 3.18. The van der Waals surface area contributed by atoms with E-state index in [0.29, 0.717) is 51.1 Å². The first-order chi connectivity index (χ1) is 14.5. The number of likely N-dealkylation sites (tertiary alicyclic amines) is 2. The fourth-order valence-electron chi connectivity index (χ4n) is 4.52. The number of aliphatic hydroxyl groups is 1. The molecule has 30 heavy (non-hydrogen) atoms. The van der Waals surface area contributed by atoms with Crippen LogP contribution in [0.15, 0.2) is 54.6 Å². The number of benzene rings is 2. The monoisotopic (exact) mass is 410 g/mol. The third kappa shape index (κ3) is 4.60. The van der Waals surface area contributed by atoms with Gasteiger partial charge in [0.2, 0.25) is 5.91 Å². The van der Waals surface area contributed by atoms with E-state index < -0.39 is 11.8 Å². The van der Waals surface area contributed by atoms with Gasteiger partial charge in [0.1, 0.15) is 5.82 Å². The van der Waals surface area contributed by atoms with Gasteiger partial charge in [-0.3, -0.25) is 14.5 Å². The van der Waals surface area contributed by atoms with Crippen LogP contribution in [0.1, 0.15) is 28.8 Å². The van der Waals surface area contributed by atoms with E-state index in [1.54, 1.807) is 4.90 Å². The zero-order valence-electron chi connectivity index (χ0n) is 16.9. The van der Waals surface area contributed by atoms with E-state index >= 15 is 0 Å². The van der Waals surface area contributed by atoms with Gasteiger partial charge in [-0.2, -0.15) is 0 Å². The molecule has 2 saturated heterocycles. The topological polar surface area (TPSA) is 60.9 Å². The number of amides is 1. The molecule has 4 rings (SSSR count). The Balaban J connectivity index is 1.54. The largest absolute Gasteiger partial charge is 0.393 e. The molecule has 2 aliphatic heterocycles. The van der Waals surface area contributed by atoms with Gasteiger partial charge in [-0.1, -0.05) is 30.3 Å². The minimum Gasteiger partial charge on any atom is -0.393 e. The molecule has 1 amide bonds. The van der Waals surface area contributed by atoms with Crippen LogP contribution in [0.3, 0.4) is 0 Å². The van der Waals surface area contributed by atoms with Gasteiger partial charge in [0.25, 0.3) is 0 Å². The van der Waals surface area contributed by atoms with E-state index in [0.717, 1.165) is 5.56 Å². The number of rotatable bonds is 5. The number of carbonyl (C=O) groups excluding carboxylic acids is 2. The molecule has 0 unspecified atom stereocenters. The number of aliphatic hydroxyl groups excluding tert-OH is 1. The Morgan fingerprint density at radius 2 is 1.57 bits per heavy atom. The summed E-state index contributed by atoms with van der Waals surface area (Å²) in [4.78, 5) is 30.5. The van der Waals surface area contributed by atoms with Gasteiger partial charge in [0.15, 0.2) is 5.78 Å². The summed E-state index contributed by atoms with van der Waals surface area (Å²) in [5.41, 5.74) is 1.58. The lowest BCUT2D eigenvalue weighted by Crippen LogP contribution is -2.45. The molecule has 0 saturated carbocycles. The normalized spacial score (nSPS) is 22.9. The molecule has 158 valence electrons. The van der Waals surface area contributed by atoms with Crippen LogP contribution in [0, 0.1) is 17.7 Å². The zero-order valence-corrected chi connectivity index (χ0v) is 16.9. The first-order valence-electron chi connectivity index (χ1n) is 10.5. The van der Waals surface area contributed by atoms with Crippen molar-refractivity contribution in [1.82, 2.24) is 9.80 Å². The Bertz CT molecular complexity index is 879. The van der Waals surface area contributed by atoms with Crippen molar-refractivity contribution in [1.29, 1.82) is 0 Å². The Labute approximate surface area is 176 Å². The van der Waals surface area contributed by atoms with Crippen LogP contribution in [0.25, 0.3) is 0 Å². The molecule has 5 nitrogen and oxygen atoms in total. The lowest BCUT2D eigenvalue weighted by atomic mass is 9.87. The number of hydrogen-bond acceptors (Lipinski definition) is 4. The number of ketones is 1. The highest BCUT2D eigenvalue weighted by Gasteiger charge is 2.43. The van der Waals surface area contributed by atoms with Crippen LogP contribution in [0.5, 0.6) is 0 Å². The maximum Gasteiger partial charge on any atom is 0.227 e. The quantitative estimate of drug-likeness (QED) is 0.770. The van der Waals surface area contributed by atoms with Crippen molar-refractivity contribution in [2.75, 3.05) is 26.2 Å². The van der Waals surface area contributed by atoms with E-state index in [9.17, 15) is 19.1 Å². The van der Waals surface area contributed by atoms with Crippen molar-refractivity contribution < 1.29 is 19.1 Å². The van der Waals surface area contributed by atoms with Gasteiger partial charge < -0.3 is 10.0 Å². The van der Waals surface area contributed by atoms with Crippen molar-refractivity contribution in [3.63, 3.8) is 0 Å². The number of hydrogen-bond donors (Lipinski definition) is 1. The predicted octanol–water partition coefficient (Wildman–Crippen LogP) is 2.74. The molecule has 2 heterocycles. The standard InChI is InChI=1S/C24H27FN2O3/c25-19-8-6-18(7-9-19)23(29)21-15-26(14-17-4-2-1-3-5-17)16-22(21)24(30)27-12-10-20(28)11-13-27/h1-9,20-22,28H,10-16H2/t21-,22-/m1/s1. The van der Waals surface area contributed by atoms with Crippen LogP contribution < -0.4 is 0 Å². The molecule has 2 aromatic carbocycles. The minimum atomic E-state index is -0.460. The Morgan fingerprint density at radius 3 is 2.23 bits per heavy atom. The van der Waals surface area contributed by atoms with Crippen LogP contribution in [-0.2, 0) is 11.3 Å². The van der Waals surface area contributed by atoms with Crippen LogP contribution in [0.2, 0.25) is 0 Å². The summed E-state index contributed by atoms with van der Waals surface area (Å²) in [6, 6.07) is 15.6. The molecular weight excluding hydrogens is 383 g/mol. The summed E-state index contributed by atoms with van der Waals surface area (Å²) in [5.74, 6) is -1.40. The fourth-order valence-corrected chi connectivity index (χ4v) is 4.52. The third-order valence-corrected chi connectivity index (χ3v) is 6.20. The predicted molar refractivity (Wildman–Crippen MR) is 111 cm³/mol. The van der Waals surface area contributed by atoms with E-state index in [-0.39, 0.29) is 23.6 Å². The smallest absolute Gasteiger partial charge is 0.227 e. The van der Waals surface area contributed by atoms with E-state index in [2.05, 4.69) is 4.90 Å². The van der Waals surface area contributed by atoms with E-state index in [4.69, 9.17) is 0 Å². The van der Waals surface area contributed by atoms with Gasteiger partial charge in [-0.15, -0.1) is 0 Å². The molecule has 0 aliphatic carbocycles. The minimum absolute atomic E-state index is 0.0158. The second-order valence-corrected chi connectivity index (χ2v) is 8.32. The van der Waals surface area contributed by atoms with Gasteiger partial charge >= 0.3 is 0 Å². The average molecular weight is 410 g/mol. The van der Waals surface area contributed by atoms with Crippen LogP contribution in [-0.4, -0.2) is 58.9 Å². The number of carbonyl (C=O) groups is 2. The summed E-state index contributed by atoms with van der Waals surface area (Å²) in [5, 5.41) is 9.76. The highest BCUT2D eigenvalue weighted by Crippen LogP contribution is 2.31. The molecular formula is C24H27FN2O3. The summed E-state index contributed by atoms with van der Waals surface area (Å²) >= 11 is 0. The molecule has 2 aliphatic rings. The van der Waals surface area contributed by atoms with Crippen molar-refractivity contribution in [3.8, 4) is 0 Å². The van der Waals surface area contributed by atoms with Crippen molar-refractivity contribution in [3.05, 3.63) is 71.5 Å². The second-order valence-electron chi connectivity index (χ2n) is 8.32. The lowest BCUT2D eigenvalue weighted by Gasteiger charge is -2.32. The first kappa shape index (κ1) is 20.7. The molecule has 0 spiro atoms. The maximum atomic E-state index is 13.3. The molecule has 2 aromatic rings. The lowest BCUT2D eigenvalue weighted by molar-refractivity contribution is -0.138. The highest BCUT2D eigenvalue weighted by molar-refractivity contribution is 6.01. The Kier molecular flexibility index (Phi) is 6.25. The Hall–Kier alpha value is -2.57. The van der Waals surface area contributed by atoms with Gasteiger partial charge in [0.05, 0.1) is 12.0 Å². The summed E-state index contributed by atoms with van der Waals surface area (Å²) < 4.78 is 13.3. The highest BCUT2D eigenvalue weighted by atomic mass is 19.1. The van der Waals surface area contributed by atoms with Crippen molar-refractivity contribution >= 4 is 11.7 Å². The fraction of sp³-hybridized carbons (Fsp3) is 0.417. The number of Topliss-reactive ketones (excluding diaryl/α,β-unsaturated/α-hetero) is 1. The molecule has 0 aromatic heterocycles. The summed E-state index contributed by atoms with van der Waals surface area (Å²) in [7, 11) is 0. The molecule has 1 N–H and O–H groups in total. The van der Waals surface area contributed by atoms with Crippen LogP contribution in [0.4, 0.5) is 4.39 Å². The maximum absolute atomic E-state index is 13.3. The van der Waals surface area contributed by atoms with E-state index in [1.807, 2.05) is 30.3 Å². The second kappa shape index (κ2) is 9.06. The molecule has 6 heteroatoms. The van der Waals surface area contributed by atoms with Crippen LogP contribution >= 0.6 is 0 Å². The van der Waals surface area contributed by atoms with Crippen molar-refractivity contribution in [2.24, 2.45) is 11.8 Å². The van der Waals surface area contributed by atoms with Gasteiger partial charge in [0, 0.05) is 44.2 Å². The number of halogens is 1. The summed E-state index contributed by atoms with van der Waals surface area (Å²) in [6.45, 7) is 2.73. The first-order valence-corrected chi connectivity index (χ1v) is 10.5. The number of nitrogens with zero attached hydrogens (tertiary/aromatic N) is 2. The molecule has 2 fully saturated rings. The number of piperidine rings is 1. The third-order valence-electron chi connectivity index (χ3n) is 6.20. The molecule has 2 atom stereocenters. The Morgan fingerprint density at radius 1 is 0.933 bits per heavy atom. The van der Waals surface area contributed by atoms with Crippen molar-refractivity contribution in [2.45, 2.75) is 25.5 Å². The SMILES string of the molecule is O=C(c1ccc(F)cc1)[C@@H]1CN(Cc2ccccc2)C[C@H]1C(=O)N1CCC(O)CC1. The molecule has 0 radical (unpaired) electrons. The van der Waals surface area contributed by atoms with Gasteiger partial charge in [-0.25, -0.2) is 4.39 Å². The molecule has 0 bridgehead atoms.